The van der Waals surface area contributed by atoms with E-state index in [4.69, 9.17) is 5.10 Å². The van der Waals surface area contributed by atoms with Gasteiger partial charge in [-0.15, -0.1) is 10.2 Å². The average molecular weight is 471 g/mol. The molecule has 0 fully saturated rings. The van der Waals surface area contributed by atoms with Crippen LogP contribution in [0, 0.1) is 0 Å². The second-order valence-electron chi connectivity index (χ2n) is 6.80. The maximum absolute atomic E-state index is 12.4. The number of aromatic nitrogens is 5. The first kappa shape index (κ1) is 19.1. The maximum atomic E-state index is 12.4. The fraction of sp³-hybridized carbons (Fsp3) is 0. The molecule has 0 radical (unpaired) electrons. The second kappa shape index (κ2) is 8.08. The van der Waals surface area contributed by atoms with Crippen molar-refractivity contribution in [3.05, 3.63) is 95.2 Å². The van der Waals surface area contributed by atoms with Crippen molar-refractivity contribution in [2.45, 2.75) is 0 Å². The van der Waals surface area contributed by atoms with Crippen LogP contribution in [0.15, 0.2) is 89.7 Å². The lowest BCUT2D eigenvalue weighted by molar-refractivity contribution is 0.102. The van der Waals surface area contributed by atoms with Crippen LogP contribution in [0.4, 0.5) is 5.69 Å². The minimum atomic E-state index is -0.167. The monoisotopic (exact) mass is 470 g/mol. The van der Waals surface area contributed by atoms with Crippen molar-refractivity contribution in [1.82, 2.24) is 24.8 Å². The maximum Gasteiger partial charge on any atom is 0.255 e. The Morgan fingerprint density at radius 3 is 2.55 bits per heavy atom. The summed E-state index contributed by atoms with van der Waals surface area (Å²) in [5.41, 5.74) is 4.46. The highest BCUT2D eigenvalue weighted by Gasteiger charge is 2.11. The summed E-state index contributed by atoms with van der Waals surface area (Å²) in [5.74, 6) is 0.460. The van der Waals surface area contributed by atoms with Crippen LogP contribution in [0.2, 0.25) is 0 Å². The summed E-state index contributed by atoms with van der Waals surface area (Å²) in [4.78, 5) is 16.6. The molecule has 7 nitrogen and oxygen atoms in total. The smallest absolute Gasteiger partial charge is 0.255 e. The normalized spacial score (nSPS) is 10.9. The van der Waals surface area contributed by atoms with Gasteiger partial charge in [-0.25, -0.2) is 0 Å². The Labute approximate surface area is 185 Å². The summed E-state index contributed by atoms with van der Waals surface area (Å²) < 4.78 is 2.56. The predicted octanol–water partition coefficient (Wildman–Crippen LogP) is 4.87. The number of anilines is 1. The third kappa shape index (κ3) is 3.93. The van der Waals surface area contributed by atoms with Gasteiger partial charge in [0.1, 0.15) is 0 Å². The zero-order valence-corrected chi connectivity index (χ0v) is 17.7. The van der Waals surface area contributed by atoms with E-state index in [1.54, 1.807) is 29.0 Å². The number of carbonyl (C=O) groups excluding carboxylic acids is 1. The fourth-order valence-corrected chi connectivity index (χ4v) is 3.57. The van der Waals surface area contributed by atoms with Crippen molar-refractivity contribution in [3.63, 3.8) is 0 Å². The molecule has 1 amide bonds. The third-order valence-corrected chi connectivity index (χ3v) is 5.20. The number of nitrogens with zero attached hydrogens (tertiary/aromatic N) is 5. The molecule has 5 rings (SSSR count). The molecule has 31 heavy (non-hydrogen) atoms. The van der Waals surface area contributed by atoms with Gasteiger partial charge in [-0.05, 0) is 54.6 Å². The van der Waals surface area contributed by atoms with Crippen molar-refractivity contribution in [2.75, 3.05) is 5.32 Å². The van der Waals surface area contributed by atoms with E-state index in [0.717, 1.165) is 21.3 Å². The third-order valence-electron chi connectivity index (χ3n) is 4.71. The quantitative estimate of drug-likeness (QED) is 0.405. The largest absolute Gasteiger partial charge is 0.322 e. The molecular formula is C23H15BrN6O. The van der Waals surface area contributed by atoms with Crippen LogP contribution in [-0.2, 0) is 0 Å². The fourth-order valence-electron chi connectivity index (χ4n) is 3.18. The molecule has 0 unspecified atom stereocenters. The van der Waals surface area contributed by atoms with Crippen molar-refractivity contribution in [1.29, 1.82) is 0 Å². The molecule has 2 aromatic carbocycles. The summed E-state index contributed by atoms with van der Waals surface area (Å²) >= 11 is 3.38. The molecule has 3 aromatic heterocycles. The van der Waals surface area contributed by atoms with Gasteiger partial charge in [0.25, 0.3) is 5.91 Å². The van der Waals surface area contributed by atoms with E-state index in [-0.39, 0.29) is 5.91 Å². The van der Waals surface area contributed by atoms with E-state index in [2.05, 4.69) is 36.4 Å². The summed E-state index contributed by atoms with van der Waals surface area (Å²) in [5, 5.41) is 16.0. The molecular weight excluding hydrogens is 456 g/mol. The summed E-state index contributed by atoms with van der Waals surface area (Å²) in [7, 11) is 0. The van der Waals surface area contributed by atoms with Gasteiger partial charge in [-0.2, -0.15) is 9.61 Å². The number of benzene rings is 2. The standard InChI is InChI=1S/C23H15BrN6O/c24-18-5-1-3-16(13-18)23(31)26-19-8-6-15(7-9-19)20-10-11-21-27-28-22(30(21)29-20)17-4-2-12-25-14-17/h1-14H,(H,26,31). The van der Waals surface area contributed by atoms with E-state index in [1.165, 1.54) is 0 Å². The Hall–Kier alpha value is -3.91. The van der Waals surface area contributed by atoms with Gasteiger partial charge < -0.3 is 5.32 Å². The van der Waals surface area contributed by atoms with Crippen molar-refractivity contribution in [3.8, 4) is 22.6 Å². The Morgan fingerprint density at radius 2 is 1.77 bits per heavy atom. The van der Waals surface area contributed by atoms with E-state index >= 15 is 0 Å². The second-order valence-corrected chi connectivity index (χ2v) is 7.71. The Balaban J connectivity index is 1.41. The summed E-state index contributed by atoms with van der Waals surface area (Å²) in [6, 6.07) is 22.3. The lowest BCUT2D eigenvalue weighted by Crippen LogP contribution is -2.11. The number of hydrogen-bond donors (Lipinski definition) is 1. The molecule has 8 heteroatoms. The first-order valence-electron chi connectivity index (χ1n) is 9.47. The zero-order chi connectivity index (χ0) is 21.2. The number of fused-ring (bicyclic) bond motifs is 1. The number of amides is 1. The van der Waals surface area contributed by atoms with Crippen LogP contribution in [0.1, 0.15) is 10.4 Å². The molecule has 0 atom stereocenters. The number of hydrogen-bond acceptors (Lipinski definition) is 5. The topological polar surface area (TPSA) is 85.1 Å². The van der Waals surface area contributed by atoms with Gasteiger partial charge in [0.05, 0.1) is 5.69 Å². The van der Waals surface area contributed by atoms with E-state index in [9.17, 15) is 4.79 Å². The molecule has 150 valence electrons. The van der Waals surface area contributed by atoms with Crippen LogP contribution >= 0.6 is 15.9 Å². The number of rotatable bonds is 4. The first-order chi connectivity index (χ1) is 15.2. The van der Waals surface area contributed by atoms with Gasteiger partial charge in [0.15, 0.2) is 11.5 Å². The molecule has 0 spiro atoms. The van der Waals surface area contributed by atoms with Crippen LogP contribution in [0.3, 0.4) is 0 Å². The minimum absolute atomic E-state index is 0.167. The van der Waals surface area contributed by atoms with Crippen LogP contribution in [0.5, 0.6) is 0 Å². The van der Waals surface area contributed by atoms with Gasteiger partial charge in [-0.1, -0.05) is 34.1 Å². The minimum Gasteiger partial charge on any atom is -0.322 e. The van der Waals surface area contributed by atoms with Crippen LogP contribution < -0.4 is 5.32 Å². The predicted molar refractivity (Wildman–Crippen MR) is 122 cm³/mol. The first-order valence-corrected chi connectivity index (χ1v) is 10.3. The molecule has 0 saturated carbocycles. The SMILES string of the molecule is O=C(Nc1ccc(-c2ccc3nnc(-c4cccnc4)n3n2)cc1)c1cccc(Br)c1. The van der Waals surface area contributed by atoms with E-state index in [1.807, 2.05) is 60.7 Å². The zero-order valence-electron chi connectivity index (χ0n) is 16.1. The van der Waals surface area contributed by atoms with Crippen molar-refractivity contribution < 1.29 is 4.79 Å². The van der Waals surface area contributed by atoms with Gasteiger partial charge in [0, 0.05) is 39.2 Å². The van der Waals surface area contributed by atoms with Gasteiger partial charge in [-0.3, -0.25) is 9.78 Å². The molecule has 0 saturated heterocycles. The number of carbonyl (C=O) groups is 1. The molecule has 3 heterocycles. The summed E-state index contributed by atoms with van der Waals surface area (Å²) in [6.07, 6.45) is 3.44. The lowest BCUT2D eigenvalue weighted by Gasteiger charge is -2.07. The summed E-state index contributed by atoms with van der Waals surface area (Å²) in [6.45, 7) is 0. The Bertz CT molecular complexity index is 1380. The van der Waals surface area contributed by atoms with E-state index in [0.29, 0.717) is 22.7 Å². The highest BCUT2D eigenvalue weighted by molar-refractivity contribution is 9.10. The van der Waals surface area contributed by atoms with E-state index < -0.39 is 0 Å². The molecule has 5 aromatic rings. The molecule has 0 aliphatic rings. The van der Waals surface area contributed by atoms with Crippen molar-refractivity contribution in [2.24, 2.45) is 0 Å². The van der Waals surface area contributed by atoms with Crippen molar-refractivity contribution >= 4 is 33.2 Å². The van der Waals surface area contributed by atoms with Crippen LogP contribution in [-0.4, -0.2) is 30.7 Å². The molecule has 0 aliphatic heterocycles. The average Bonchev–Trinajstić information content (AvgIpc) is 3.23. The number of nitrogens with one attached hydrogen (secondary N) is 1. The highest BCUT2D eigenvalue weighted by atomic mass is 79.9. The number of pyridine rings is 1. The lowest BCUT2D eigenvalue weighted by atomic mass is 10.1. The highest BCUT2D eigenvalue weighted by Crippen LogP contribution is 2.23. The Morgan fingerprint density at radius 1 is 0.903 bits per heavy atom. The molecule has 0 bridgehead atoms. The van der Waals surface area contributed by atoms with Gasteiger partial charge >= 0.3 is 0 Å². The molecule has 1 N–H and O–H groups in total. The van der Waals surface area contributed by atoms with Gasteiger partial charge in [0.2, 0.25) is 0 Å². The molecule has 0 aliphatic carbocycles. The van der Waals surface area contributed by atoms with Crippen LogP contribution in [0.25, 0.3) is 28.3 Å². The Kier molecular flexibility index (Phi) is 4.97. The number of halogens is 1.